The molecule has 1 N–H and O–H groups in total. The molecule has 3 heteroatoms. The quantitative estimate of drug-likeness (QED) is 0.811. The van der Waals surface area contributed by atoms with Crippen LogP contribution in [0.3, 0.4) is 0 Å². The minimum Gasteiger partial charge on any atom is -0.496 e. The van der Waals surface area contributed by atoms with Gasteiger partial charge in [-0.15, -0.1) is 0 Å². The summed E-state index contributed by atoms with van der Waals surface area (Å²) in [5, 5.41) is 10.0. The van der Waals surface area contributed by atoms with Crippen LogP contribution in [0.15, 0.2) is 18.2 Å². The molecule has 0 saturated heterocycles. The first-order chi connectivity index (χ1) is 8.56. The molecular formula is C15H24O3. The normalized spacial score (nSPS) is 14.3. The van der Waals surface area contributed by atoms with Gasteiger partial charge in [0.1, 0.15) is 5.75 Å². The van der Waals surface area contributed by atoms with Crippen LogP contribution in [-0.2, 0) is 11.2 Å². The topological polar surface area (TPSA) is 38.7 Å². The highest BCUT2D eigenvalue weighted by Crippen LogP contribution is 2.22. The highest BCUT2D eigenvalue weighted by atomic mass is 16.5. The third kappa shape index (κ3) is 4.67. The summed E-state index contributed by atoms with van der Waals surface area (Å²) >= 11 is 0. The Morgan fingerprint density at radius 1 is 1.22 bits per heavy atom. The summed E-state index contributed by atoms with van der Waals surface area (Å²) in [6.45, 7) is 4.06. The number of methoxy groups -OCH3 is 2. The van der Waals surface area contributed by atoms with Gasteiger partial charge in [0, 0.05) is 13.5 Å². The predicted octanol–water partition coefficient (Wildman–Crippen LogP) is 2.72. The molecule has 2 unspecified atom stereocenters. The van der Waals surface area contributed by atoms with Crippen molar-refractivity contribution in [3.8, 4) is 5.75 Å². The monoisotopic (exact) mass is 252 g/mol. The van der Waals surface area contributed by atoms with E-state index in [1.807, 2.05) is 26.0 Å². The Morgan fingerprint density at radius 3 is 2.56 bits per heavy atom. The number of aliphatic hydroxyl groups excluding tert-OH is 1. The lowest BCUT2D eigenvalue weighted by molar-refractivity contribution is 0.0850. The molecule has 18 heavy (non-hydrogen) atoms. The SMILES string of the molecule is COc1ccc(C)cc1CC(O)CCC(C)OC. The molecule has 0 aliphatic heterocycles. The third-order valence-corrected chi connectivity index (χ3v) is 3.20. The van der Waals surface area contributed by atoms with Gasteiger partial charge in [0.15, 0.2) is 0 Å². The molecule has 0 fully saturated rings. The lowest BCUT2D eigenvalue weighted by Crippen LogP contribution is -2.15. The number of benzene rings is 1. The Kier molecular flexibility index (Phi) is 6.16. The van der Waals surface area contributed by atoms with E-state index in [2.05, 4.69) is 6.07 Å². The molecule has 0 aliphatic carbocycles. The molecule has 0 aliphatic rings. The first-order valence-corrected chi connectivity index (χ1v) is 6.41. The van der Waals surface area contributed by atoms with Gasteiger partial charge in [-0.3, -0.25) is 0 Å². The van der Waals surface area contributed by atoms with Crippen molar-refractivity contribution in [3.05, 3.63) is 29.3 Å². The van der Waals surface area contributed by atoms with E-state index >= 15 is 0 Å². The number of aliphatic hydroxyl groups is 1. The molecule has 0 radical (unpaired) electrons. The van der Waals surface area contributed by atoms with Crippen LogP contribution in [0.25, 0.3) is 0 Å². The Hall–Kier alpha value is -1.06. The fourth-order valence-electron chi connectivity index (χ4n) is 1.97. The maximum Gasteiger partial charge on any atom is 0.122 e. The fraction of sp³-hybridized carbons (Fsp3) is 0.600. The molecule has 3 nitrogen and oxygen atoms in total. The van der Waals surface area contributed by atoms with Crippen LogP contribution in [0.5, 0.6) is 5.75 Å². The minimum absolute atomic E-state index is 0.194. The van der Waals surface area contributed by atoms with Gasteiger partial charge in [0.25, 0.3) is 0 Å². The van der Waals surface area contributed by atoms with Crippen LogP contribution in [0, 0.1) is 6.92 Å². The highest BCUT2D eigenvalue weighted by molar-refractivity contribution is 5.37. The summed E-state index contributed by atoms with van der Waals surface area (Å²) in [7, 11) is 3.36. The highest BCUT2D eigenvalue weighted by Gasteiger charge is 2.11. The lowest BCUT2D eigenvalue weighted by atomic mass is 10.0. The largest absolute Gasteiger partial charge is 0.496 e. The Labute approximate surface area is 110 Å². The van der Waals surface area contributed by atoms with Crippen molar-refractivity contribution in [1.29, 1.82) is 0 Å². The van der Waals surface area contributed by atoms with E-state index in [9.17, 15) is 5.11 Å². The van der Waals surface area contributed by atoms with Crippen molar-refractivity contribution in [2.75, 3.05) is 14.2 Å². The fourth-order valence-corrected chi connectivity index (χ4v) is 1.97. The number of hydrogen-bond acceptors (Lipinski definition) is 3. The van der Waals surface area contributed by atoms with E-state index in [0.717, 1.165) is 24.2 Å². The summed E-state index contributed by atoms with van der Waals surface area (Å²) in [5.74, 6) is 0.847. The van der Waals surface area contributed by atoms with Crippen LogP contribution in [0.2, 0.25) is 0 Å². The summed E-state index contributed by atoms with van der Waals surface area (Å²) < 4.78 is 10.5. The third-order valence-electron chi connectivity index (χ3n) is 3.20. The van der Waals surface area contributed by atoms with Gasteiger partial charge in [-0.2, -0.15) is 0 Å². The number of hydrogen-bond donors (Lipinski definition) is 1. The van der Waals surface area contributed by atoms with Crippen molar-refractivity contribution in [3.63, 3.8) is 0 Å². The van der Waals surface area contributed by atoms with E-state index in [-0.39, 0.29) is 12.2 Å². The molecule has 0 heterocycles. The van der Waals surface area contributed by atoms with E-state index in [4.69, 9.17) is 9.47 Å². The lowest BCUT2D eigenvalue weighted by Gasteiger charge is -2.16. The number of aryl methyl sites for hydroxylation is 1. The Balaban J connectivity index is 2.57. The zero-order valence-corrected chi connectivity index (χ0v) is 11.8. The van der Waals surface area contributed by atoms with Gasteiger partial charge >= 0.3 is 0 Å². The Bertz CT molecular complexity index is 363. The van der Waals surface area contributed by atoms with Crippen LogP contribution < -0.4 is 4.74 Å². The van der Waals surface area contributed by atoms with Gasteiger partial charge in [-0.1, -0.05) is 17.7 Å². The first kappa shape index (κ1) is 15.0. The molecule has 1 rings (SSSR count). The first-order valence-electron chi connectivity index (χ1n) is 6.41. The molecule has 0 saturated carbocycles. The molecule has 1 aromatic rings. The number of ether oxygens (including phenoxy) is 2. The van der Waals surface area contributed by atoms with E-state index < -0.39 is 0 Å². The summed E-state index contributed by atoms with van der Waals surface area (Å²) in [5.41, 5.74) is 2.25. The molecule has 0 spiro atoms. The second kappa shape index (κ2) is 7.39. The summed E-state index contributed by atoms with van der Waals surface area (Å²) in [6, 6.07) is 6.04. The number of rotatable bonds is 7. The van der Waals surface area contributed by atoms with Crippen molar-refractivity contribution < 1.29 is 14.6 Å². The maximum atomic E-state index is 10.0. The van der Waals surface area contributed by atoms with Crippen LogP contribution >= 0.6 is 0 Å². The van der Waals surface area contributed by atoms with Gasteiger partial charge in [-0.25, -0.2) is 0 Å². The van der Waals surface area contributed by atoms with Gasteiger partial charge in [-0.05, 0) is 38.3 Å². The standard InChI is InChI=1S/C15H24O3/c1-11-5-8-15(18-4)13(9-11)10-14(16)7-6-12(2)17-3/h5,8-9,12,14,16H,6-7,10H2,1-4H3. The molecular weight excluding hydrogens is 228 g/mol. The van der Waals surface area contributed by atoms with Crippen LogP contribution in [0.1, 0.15) is 30.9 Å². The molecule has 0 bridgehead atoms. The molecule has 2 atom stereocenters. The molecule has 1 aromatic carbocycles. The van der Waals surface area contributed by atoms with Crippen molar-refractivity contribution in [2.45, 2.75) is 45.3 Å². The average Bonchev–Trinajstić information content (AvgIpc) is 2.36. The van der Waals surface area contributed by atoms with Crippen molar-refractivity contribution in [2.24, 2.45) is 0 Å². The van der Waals surface area contributed by atoms with Gasteiger partial charge in [0.05, 0.1) is 19.3 Å². The second-order valence-electron chi connectivity index (χ2n) is 4.80. The smallest absolute Gasteiger partial charge is 0.122 e. The predicted molar refractivity (Wildman–Crippen MR) is 73.1 cm³/mol. The zero-order chi connectivity index (χ0) is 13.5. The second-order valence-corrected chi connectivity index (χ2v) is 4.80. The minimum atomic E-state index is -0.349. The molecule has 0 amide bonds. The van der Waals surface area contributed by atoms with Crippen LogP contribution in [-0.4, -0.2) is 31.5 Å². The summed E-state index contributed by atoms with van der Waals surface area (Å²) in [6.07, 6.45) is 2.08. The average molecular weight is 252 g/mol. The van der Waals surface area contributed by atoms with E-state index in [1.165, 1.54) is 5.56 Å². The summed E-state index contributed by atoms with van der Waals surface area (Å²) in [4.78, 5) is 0. The van der Waals surface area contributed by atoms with E-state index in [1.54, 1.807) is 14.2 Å². The van der Waals surface area contributed by atoms with Gasteiger partial charge < -0.3 is 14.6 Å². The van der Waals surface area contributed by atoms with Gasteiger partial charge in [0.2, 0.25) is 0 Å². The Morgan fingerprint density at radius 2 is 1.94 bits per heavy atom. The zero-order valence-electron chi connectivity index (χ0n) is 11.8. The van der Waals surface area contributed by atoms with Crippen molar-refractivity contribution in [1.82, 2.24) is 0 Å². The molecule has 102 valence electrons. The van der Waals surface area contributed by atoms with Crippen molar-refractivity contribution >= 4 is 0 Å². The maximum absolute atomic E-state index is 10.0. The van der Waals surface area contributed by atoms with Crippen LogP contribution in [0.4, 0.5) is 0 Å². The molecule has 0 aromatic heterocycles. The van der Waals surface area contributed by atoms with E-state index in [0.29, 0.717) is 6.42 Å².